The number of methoxy groups -OCH3 is 1. The fourth-order valence-corrected chi connectivity index (χ4v) is 2.58. The number of rotatable bonds is 7. The molecule has 1 aromatic carbocycles. The van der Waals surface area contributed by atoms with Gasteiger partial charge < -0.3 is 24.2 Å². The molecule has 1 N–H and O–H groups in total. The fraction of sp³-hybridized carbons (Fsp3) is 0.444. The van der Waals surface area contributed by atoms with Gasteiger partial charge >= 0.3 is 5.97 Å². The molecule has 1 amide bonds. The highest BCUT2D eigenvalue weighted by Crippen LogP contribution is 2.28. The number of carbonyl (C=O) groups is 2. The Balaban J connectivity index is 2.01. The second-order valence-corrected chi connectivity index (χ2v) is 5.55. The number of ether oxygens (including phenoxy) is 3. The zero-order chi connectivity index (χ0) is 18.2. The summed E-state index contributed by atoms with van der Waals surface area (Å²) in [5.74, 6) is 0.145. The van der Waals surface area contributed by atoms with E-state index < -0.39 is 12.1 Å². The maximum absolute atomic E-state index is 12.3. The number of hydrogen-bond donors (Lipinski definition) is 1. The first-order chi connectivity index (χ1) is 12.0. The Morgan fingerprint density at radius 1 is 1.40 bits per heavy atom. The summed E-state index contributed by atoms with van der Waals surface area (Å²) in [5, 5.41) is 8.84. The van der Waals surface area contributed by atoms with Crippen LogP contribution in [0.3, 0.4) is 0 Å². The van der Waals surface area contributed by atoms with E-state index in [0.29, 0.717) is 31.3 Å². The van der Waals surface area contributed by atoms with Crippen LogP contribution < -0.4 is 9.47 Å². The first-order valence-electron chi connectivity index (χ1n) is 8.14. The summed E-state index contributed by atoms with van der Waals surface area (Å²) in [7, 11) is 1.57. The van der Waals surface area contributed by atoms with E-state index in [0.717, 1.165) is 5.56 Å². The van der Waals surface area contributed by atoms with Gasteiger partial charge in [-0.05, 0) is 30.7 Å². The molecule has 0 aliphatic carbocycles. The van der Waals surface area contributed by atoms with Crippen LogP contribution in [0.2, 0.25) is 0 Å². The number of benzene rings is 1. The van der Waals surface area contributed by atoms with Crippen LogP contribution in [0.5, 0.6) is 11.5 Å². The minimum atomic E-state index is -0.934. The Morgan fingerprint density at radius 2 is 2.20 bits per heavy atom. The molecule has 1 unspecified atom stereocenters. The van der Waals surface area contributed by atoms with Crippen molar-refractivity contribution in [1.82, 2.24) is 4.90 Å². The zero-order valence-corrected chi connectivity index (χ0v) is 14.4. The van der Waals surface area contributed by atoms with E-state index in [1.807, 2.05) is 13.0 Å². The largest absolute Gasteiger partial charge is 0.493 e. The standard InChI is InChI=1S/C18H23NO6/c1-3-24-16-10-13(4-6-15(16)23-2)5-7-17(20)19-8-9-25-14(12-19)11-18(21)22/h4-7,10,14H,3,8-9,11-12H2,1-2H3,(H,21,22). The Morgan fingerprint density at radius 3 is 2.88 bits per heavy atom. The van der Waals surface area contributed by atoms with Crippen molar-refractivity contribution in [2.45, 2.75) is 19.4 Å². The van der Waals surface area contributed by atoms with E-state index in [9.17, 15) is 9.59 Å². The third-order valence-electron chi connectivity index (χ3n) is 3.76. The van der Waals surface area contributed by atoms with Crippen molar-refractivity contribution >= 4 is 18.0 Å². The molecule has 1 saturated heterocycles. The van der Waals surface area contributed by atoms with Crippen LogP contribution in [0.1, 0.15) is 18.9 Å². The molecule has 0 spiro atoms. The van der Waals surface area contributed by atoms with Crippen molar-refractivity contribution in [3.63, 3.8) is 0 Å². The highest BCUT2D eigenvalue weighted by Gasteiger charge is 2.24. The van der Waals surface area contributed by atoms with Crippen LogP contribution in [0, 0.1) is 0 Å². The molecule has 25 heavy (non-hydrogen) atoms. The Labute approximate surface area is 146 Å². The topological polar surface area (TPSA) is 85.3 Å². The van der Waals surface area contributed by atoms with Crippen LogP contribution in [0.15, 0.2) is 24.3 Å². The lowest BCUT2D eigenvalue weighted by molar-refractivity contribution is -0.145. The third-order valence-corrected chi connectivity index (χ3v) is 3.76. The molecular weight excluding hydrogens is 326 g/mol. The van der Waals surface area contributed by atoms with Gasteiger partial charge in [-0.1, -0.05) is 6.07 Å². The number of amides is 1. The molecule has 1 aliphatic rings. The van der Waals surface area contributed by atoms with Crippen LogP contribution in [0.4, 0.5) is 0 Å². The number of aliphatic carboxylic acids is 1. The molecule has 136 valence electrons. The monoisotopic (exact) mass is 349 g/mol. The van der Waals surface area contributed by atoms with Crippen LogP contribution >= 0.6 is 0 Å². The van der Waals surface area contributed by atoms with E-state index in [1.165, 1.54) is 6.08 Å². The Kier molecular flexibility index (Phi) is 6.82. The molecule has 7 nitrogen and oxygen atoms in total. The first-order valence-corrected chi connectivity index (χ1v) is 8.14. The molecule has 1 heterocycles. The zero-order valence-electron chi connectivity index (χ0n) is 14.4. The second-order valence-electron chi connectivity index (χ2n) is 5.55. The summed E-state index contributed by atoms with van der Waals surface area (Å²) in [6, 6.07) is 5.42. The predicted molar refractivity (Wildman–Crippen MR) is 91.8 cm³/mol. The van der Waals surface area contributed by atoms with Crippen LogP contribution in [-0.2, 0) is 14.3 Å². The van der Waals surface area contributed by atoms with E-state index in [-0.39, 0.29) is 18.9 Å². The van der Waals surface area contributed by atoms with Gasteiger partial charge in [-0.3, -0.25) is 9.59 Å². The second kappa shape index (κ2) is 9.08. The van der Waals surface area contributed by atoms with Crippen molar-refractivity contribution < 1.29 is 28.9 Å². The highest BCUT2D eigenvalue weighted by molar-refractivity contribution is 5.92. The maximum Gasteiger partial charge on any atom is 0.306 e. The summed E-state index contributed by atoms with van der Waals surface area (Å²) < 4.78 is 16.1. The summed E-state index contributed by atoms with van der Waals surface area (Å²) in [6.45, 7) is 3.47. The summed E-state index contributed by atoms with van der Waals surface area (Å²) in [5.41, 5.74) is 0.813. The molecule has 1 fully saturated rings. The smallest absolute Gasteiger partial charge is 0.306 e. The molecular formula is C18H23NO6. The average molecular weight is 349 g/mol. The van der Waals surface area contributed by atoms with Crippen molar-refractivity contribution in [3.8, 4) is 11.5 Å². The molecule has 0 aromatic heterocycles. The summed E-state index contributed by atoms with van der Waals surface area (Å²) >= 11 is 0. The molecule has 1 aliphatic heterocycles. The van der Waals surface area contributed by atoms with Crippen molar-refractivity contribution in [1.29, 1.82) is 0 Å². The van der Waals surface area contributed by atoms with Gasteiger partial charge in [0, 0.05) is 19.2 Å². The van der Waals surface area contributed by atoms with Crippen molar-refractivity contribution in [3.05, 3.63) is 29.8 Å². The Bertz CT molecular complexity index is 642. The molecule has 0 saturated carbocycles. The van der Waals surface area contributed by atoms with Crippen molar-refractivity contribution in [2.75, 3.05) is 33.4 Å². The number of carboxylic acids is 1. The first kappa shape index (κ1) is 18.8. The molecule has 1 aromatic rings. The van der Waals surface area contributed by atoms with Gasteiger partial charge in [0.2, 0.25) is 5.91 Å². The maximum atomic E-state index is 12.3. The van der Waals surface area contributed by atoms with Crippen LogP contribution in [-0.4, -0.2) is 61.4 Å². The Hall–Kier alpha value is -2.54. The molecule has 0 bridgehead atoms. The van der Waals surface area contributed by atoms with Crippen molar-refractivity contribution in [2.24, 2.45) is 0 Å². The van der Waals surface area contributed by atoms with Gasteiger partial charge in [0.05, 0.1) is 32.8 Å². The van der Waals surface area contributed by atoms with E-state index in [1.54, 1.807) is 30.2 Å². The summed E-state index contributed by atoms with van der Waals surface area (Å²) in [4.78, 5) is 24.7. The van der Waals surface area contributed by atoms with E-state index >= 15 is 0 Å². The number of nitrogens with zero attached hydrogens (tertiary/aromatic N) is 1. The number of carboxylic acid groups (broad SMARTS) is 1. The lowest BCUT2D eigenvalue weighted by atomic mass is 10.1. The van der Waals surface area contributed by atoms with Gasteiger partial charge in [0.25, 0.3) is 0 Å². The lowest BCUT2D eigenvalue weighted by Crippen LogP contribution is -2.45. The predicted octanol–water partition coefficient (Wildman–Crippen LogP) is 1.81. The van der Waals surface area contributed by atoms with E-state index in [2.05, 4.69) is 0 Å². The number of hydrogen-bond acceptors (Lipinski definition) is 5. The fourth-order valence-electron chi connectivity index (χ4n) is 2.58. The molecule has 7 heteroatoms. The van der Waals surface area contributed by atoms with Gasteiger partial charge in [0.15, 0.2) is 11.5 Å². The summed E-state index contributed by atoms with van der Waals surface area (Å²) in [6.07, 6.45) is 2.60. The molecule has 1 atom stereocenters. The average Bonchev–Trinajstić information content (AvgIpc) is 2.60. The minimum Gasteiger partial charge on any atom is -0.493 e. The van der Waals surface area contributed by atoms with Crippen LogP contribution in [0.25, 0.3) is 6.08 Å². The normalized spacial score (nSPS) is 17.5. The highest BCUT2D eigenvalue weighted by atomic mass is 16.5. The van der Waals surface area contributed by atoms with Gasteiger partial charge in [-0.15, -0.1) is 0 Å². The molecule has 2 rings (SSSR count). The number of carbonyl (C=O) groups excluding carboxylic acids is 1. The van der Waals surface area contributed by atoms with Gasteiger partial charge in [-0.25, -0.2) is 0 Å². The lowest BCUT2D eigenvalue weighted by Gasteiger charge is -2.31. The quantitative estimate of drug-likeness (QED) is 0.756. The minimum absolute atomic E-state index is 0.107. The molecule has 0 radical (unpaired) electrons. The third kappa shape index (κ3) is 5.49. The van der Waals surface area contributed by atoms with Gasteiger partial charge in [-0.2, -0.15) is 0 Å². The number of morpholine rings is 1. The SMILES string of the molecule is CCOc1cc(C=CC(=O)N2CCOC(CC(=O)O)C2)ccc1OC. The van der Waals surface area contributed by atoms with E-state index in [4.69, 9.17) is 19.3 Å². The van der Waals surface area contributed by atoms with Gasteiger partial charge in [0.1, 0.15) is 0 Å².